The van der Waals surface area contributed by atoms with Gasteiger partial charge in [-0.05, 0) is 78.8 Å². The van der Waals surface area contributed by atoms with Gasteiger partial charge in [-0.1, -0.05) is 109 Å². The second-order valence-electron chi connectivity index (χ2n) is 9.22. The number of rotatable bonds is 4. The van der Waals surface area contributed by atoms with Crippen LogP contribution in [0.5, 0.6) is 0 Å². The van der Waals surface area contributed by atoms with E-state index in [0.29, 0.717) is 11.3 Å². The van der Waals surface area contributed by atoms with Crippen LogP contribution in [-0.2, 0) is 0 Å². The van der Waals surface area contributed by atoms with Crippen LogP contribution in [0, 0.1) is 17.9 Å². The molecule has 0 aromatic heterocycles. The number of hydrogen-bond donors (Lipinski definition) is 0. The Morgan fingerprint density at radius 1 is 0.526 bits per heavy atom. The zero-order valence-electron chi connectivity index (χ0n) is 20.6. The highest BCUT2D eigenvalue weighted by atomic mass is 14.6. The van der Waals surface area contributed by atoms with Gasteiger partial charge >= 0.3 is 0 Å². The Morgan fingerprint density at radius 3 is 1.42 bits per heavy atom. The Labute approximate surface area is 221 Å². The summed E-state index contributed by atoms with van der Waals surface area (Å²) in [7, 11) is 0. The summed E-state index contributed by atoms with van der Waals surface area (Å²) in [5, 5.41) is 16.4. The van der Waals surface area contributed by atoms with E-state index in [1.54, 1.807) is 0 Å². The van der Waals surface area contributed by atoms with Gasteiger partial charge in [0, 0.05) is 0 Å². The molecule has 6 rings (SSSR count). The summed E-state index contributed by atoms with van der Waals surface area (Å²) < 4.78 is 0. The molecule has 0 atom stereocenters. The van der Waals surface area contributed by atoms with Crippen molar-refractivity contribution in [3.05, 3.63) is 148 Å². The average molecular weight is 483 g/mol. The molecule has 0 heterocycles. The van der Waals surface area contributed by atoms with Crippen LogP contribution in [0.25, 0.3) is 61.5 Å². The summed E-state index contributed by atoms with van der Waals surface area (Å²) >= 11 is 0. The smallest absolute Gasteiger partial charge is 0.187 e. The molecule has 0 radical (unpaired) electrons. The van der Waals surface area contributed by atoms with E-state index in [1.807, 2.05) is 48.5 Å². The normalized spacial score (nSPS) is 11.4. The minimum absolute atomic E-state index is 0.647. The molecule has 38 heavy (non-hydrogen) atoms. The molecular weight excluding hydrogens is 460 g/mol. The Bertz CT molecular complexity index is 1810. The number of fused-ring (bicyclic) bond motifs is 5. The van der Waals surface area contributed by atoms with E-state index in [0.717, 1.165) is 22.3 Å². The third-order valence-corrected chi connectivity index (χ3v) is 6.92. The van der Waals surface area contributed by atoms with Crippen LogP contribution >= 0.6 is 0 Å². The predicted octanol–water partition coefficient (Wildman–Crippen LogP) is 9.91. The van der Waals surface area contributed by atoms with Crippen molar-refractivity contribution >= 4 is 62.3 Å². The second kappa shape index (κ2) is 9.90. The van der Waals surface area contributed by atoms with Gasteiger partial charge in [0.25, 0.3) is 0 Å². The highest BCUT2D eigenvalue weighted by molar-refractivity contribution is 6.21. The van der Waals surface area contributed by atoms with Crippen LogP contribution in [0.1, 0.15) is 27.8 Å². The Morgan fingerprint density at radius 2 is 0.974 bits per heavy atom. The fourth-order valence-corrected chi connectivity index (χ4v) is 4.98. The highest BCUT2D eigenvalue weighted by Gasteiger charge is 2.10. The molecule has 6 aromatic carbocycles. The minimum atomic E-state index is 0.647. The first kappa shape index (κ1) is 23.0. The third kappa shape index (κ3) is 4.33. The quantitative estimate of drug-likeness (QED) is 0.140. The molecule has 2 nitrogen and oxygen atoms in total. The molecule has 0 unspecified atom stereocenters. The summed E-state index contributed by atoms with van der Waals surface area (Å²) in [4.78, 5) is 3.49. The standard InChI is InChI=1S/C36H22N2/c1-38-30-20-16-26(17-21-30)15-19-29-23-36-33-8-4-2-6-31(33)28(18-14-25-10-12-27(24-37)13-11-25)22-35(36)34-9-5-3-7-32(29)34/h2-23H/b18-14+,19-15+. The van der Waals surface area contributed by atoms with E-state index in [-0.39, 0.29) is 0 Å². The predicted molar refractivity (Wildman–Crippen MR) is 161 cm³/mol. The Kier molecular flexibility index (Phi) is 5.99. The summed E-state index contributed by atoms with van der Waals surface area (Å²) in [6.07, 6.45) is 8.55. The van der Waals surface area contributed by atoms with Crippen LogP contribution in [0.3, 0.4) is 0 Å². The van der Waals surface area contributed by atoms with E-state index >= 15 is 0 Å². The lowest BCUT2D eigenvalue weighted by molar-refractivity contribution is 1.48. The highest BCUT2D eigenvalue weighted by Crippen LogP contribution is 2.37. The van der Waals surface area contributed by atoms with Gasteiger partial charge in [0.15, 0.2) is 5.69 Å². The molecule has 0 saturated heterocycles. The van der Waals surface area contributed by atoms with E-state index in [2.05, 4.69) is 95.9 Å². The maximum atomic E-state index is 9.09. The molecule has 0 bridgehead atoms. The van der Waals surface area contributed by atoms with Crippen LogP contribution < -0.4 is 0 Å². The van der Waals surface area contributed by atoms with Gasteiger partial charge in [0.1, 0.15) is 0 Å². The van der Waals surface area contributed by atoms with Crippen LogP contribution in [-0.4, -0.2) is 0 Å². The van der Waals surface area contributed by atoms with Gasteiger partial charge in [-0.25, -0.2) is 4.85 Å². The number of hydrogen-bond acceptors (Lipinski definition) is 1. The van der Waals surface area contributed by atoms with E-state index in [1.165, 1.54) is 32.3 Å². The number of benzene rings is 6. The van der Waals surface area contributed by atoms with Gasteiger partial charge in [-0.15, -0.1) is 0 Å². The minimum Gasteiger partial charge on any atom is -0.238 e. The molecule has 0 aliphatic rings. The summed E-state index contributed by atoms with van der Waals surface area (Å²) in [6, 6.07) is 39.2. The van der Waals surface area contributed by atoms with Crippen LogP contribution in [0.15, 0.2) is 109 Å². The van der Waals surface area contributed by atoms with Crippen molar-refractivity contribution in [2.24, 2.45) is 0 Å². The summed E-state index contributed by atoms with van der Waals surface area (Å²) in [6.45, 7) is 7.18. The summed E-state index contributed by atoms with van der Waals surface area (Å²) in [5.74, 6) is 0. The van der Waals surface area contributed by atoms with Gasteiger partial charge in [-0.2, -0.15) is 5.26 Å². The molecule has 176 valence electrons. The molecular formula is C36H22N2. The molecule has 6 aromatic rings. The molecule has 0 saturated carbocycles. The van der Waals surface area contributed by atoms with Crippen molar-refractivity contribution in [3.63, 3.8) is 0 Å². The van der Waals surface area contributed by atoms with Crippen molar-refractivity contribution in [1.82, 2.24) is 0 Å². The number of nitrogens with zero attached hydrogens (tertiary/aromatic N) is 2. The van der Waals surface area contributed by atoms with Crippen molar-refractivity contribution in [3.8, 4) is 6.07 Å². The van der Waals surface area contributed by atoms with E-state index < -0.39 is 0 Å². The van der Waals surface area contributed by atoms with Crippen LogP contribution in [0.2, 0.25) is 0 Å². The first-order chi connectivity index (χ1) is 18.7. The number of nitriles is 1. The molecule has 0 fully saturated rings. The fraction of sp³-hybridized carbons (Fsp3) is 0. The molecule has 0 aliphatic carbocycles. The van der Waals surface area contributed by atoms with Gasteiger partial charge in [0.05, 0.1) is 18.2 Å². The van der Waals surface area contributed by atoms with Gasteiger partial charge in [-0.3, -0.25) is 0 Å². The topological polar surface area (TPSA) is 28.1 Å². The SMILES string of the molecule is [C-]#[N+]c1ccc(/C=C/c2cc3c4ccccc4c(/C=C/c4ccc(C#N)cc4)cc3c3ccccc23)cc1. The monoisotopic (exact) mass is 482 g/mol. The molecule has 0 N–H and O–H groups in total. The zero-order valence-corrected chi connectivity index (χ0v) is 20.6. The van der Waals surface area contributed by atoms with Gasteiger partial charge in [0.2, 0.25) is 0 Å². The lowest BCUT2D eigenvalue weighted by Gasteiger charge is -2.13. The van der Waals surface area contributed by atoms with Crippen molar-refractivity contribution < 1.29 is 0 Å². The van der Waals surface area contributed by atoms with Crippen molar-refractivity contribution in [2.75, 3.05) is 0 Å². The second-order valence-corrected chi connectivity index (χ2v) is 9.22. The van der Waals surface area contributed by atoms with Crippen LogP contribution in [0.4, 0.5) is 5.69 Å². The van der Waals surface area contributed by atoms with Crippen molar-refractivity contribution in [1.29, 1.82) is 5.26 Å². The van der Waals surface area contributed by atoms with Crippen molar-refractivity contribution in [2.45, 2.75) is 0 Å². The third-order valence-electron chi connectivity index (χ3n) is 6.92. The Hall–Kier alpha value is -5.44. The first-order valence-electron chi connectivity index (χ1n) is 12.4. The maximum Gasteiger partial charge on any atom is 0.187 e. The molecule has 0 spiro atoms. The largest absolute Gasteiger partial charge is 0.238 e. The average Bonchev–Trinajstić information content (AvgIpc) is 2.99. The molecule has 2 heteroatoms. The fourth-order valence-electron chi connectivity index (χ4n) is 4.98. The molecule has 0 amide bonds. The summed E-state index contributed by atoms with van der Waals surface area (Å²) in [5.41, 5.74) is 5.75. The maximum absolute atomic E-state index is 9.09. The van der Waals surface area contributed by atoms with E-state index in [9.17, 15) is 0 Å². The first-order valence-corrected chi connectivity index (χ1v) is 12.4. The molecule has 0 aliphatic heterocycles. The van der Waals surface area contributed by atoms with Gasteiger partial charge < -0.3 is 0 Å². The van der Waals surface area contributed by atoms with E-state index in [4.69, 9.17) is 11.8 Å². The Balaban J connectivity index is 1.52. The lowest BCUT2D eigenvalue weighted by atomic mass is 9.91. The zero-order chi connectivity index (χ0) is 25.9. The lowest BCUT2D eigenvalue weighted by Crippen LogP contribution is -1.87.